The van der Waals surface area contributed by atoms with E-state index in [1.807, 2.05) is 0 Å². The van der Waals surface area contributed by atoms with Gasteiger partial charge in [0.2, 0.25) is 0 Å². The Morgan fingerprint density at radius 2 is 2.00 bits per heavy atom. The molecule has 0 saturated carbocycles. The second-order valence-corrected chi connectivity index (χ2v) is 5.69. The van der Waals surface area contributed by atoms with E-state index in [0.29, 0.717) is 11.2 Å². The zero-order chi connectivity index (χ0) is 17.0. The number of ketones is 1. The molecule has 8 heteroatoms. The predicted molar refractivity (Wildman–Crippen MR) is 84.5 cm³/mol. The molecule has 0 radical (unpaired) electrons. The van der Waals surface area contributed by atoms with Crippen LogP contribution in [0.1, 0.15) is 4.88 Å². The molecule has 0 aliphatic heterocycles. The van der Waals surface area contributed by atoms with Crippen molar-refractivity contribution in [1.29, 1.82) is 0 Å². The first-order chi connectivity index (χ1) is 10.8. The molecule has 0 fully saturated rings. The van der Waals surface area contributed by atoms with Gasteiger partial charge in [0.05, 0.1) is 16.1 Å². The molecule has 1 N–H and O–H groups in total. The highest BCUT2D eigenvalue weighted by molar-refractivity contribution is 7.11. The number of halogens is 4. The fourth-order valence-electron chi connectivity index (χ4n) is 1.62. The number of hydrogen-bond acceptors (Lipinski definition) is 4. The number of aliphatic hydroxyl groups is 1. The number of carbonyl (C=O) groups is 1. The van der Waals surface area contributed by atoms with E-state index in [-0.39, 0.29) is 10.6 Å². The van der Waals surface area contributed by atoms with Crippen LogP contribution < -0.4 is 0 Å². The van der Waals surface area contributed by atoms with Crippen molar-refractivity contribution in [2.24, 2.45) is 4.99 Å². The minimum Gasteiger partial charge on any atom is -0.506 e. The molecule has 0 amide bonds. The Morgan fingerprint density at radius 1 is 1.26 bits per heavy atom. The van der Waals surface area contributed by atoms with Gasteiger partial charge in [0.15, 0.2) is 0 Å². The van der Waals surface area contributed by atoms with Crippen LogP contribution in [0.2, 0.25) is 5.02 Å². The maximum absolute atomic E-state index is 12.7. The number of allylic oxidation sites excluding steroid dienone is 1. The predicted octanol–water partition coefficient (Wildman–Crippen LogP) is 5.20. The van der Waals surface area contributed by atoms with Gasteiger partial charge < -0.3 is 5.11 Å². The van der Waals surface area contributed by atoms with Crippen molar-refractivity contribution in [3.8, 4) is 0 Å². The van der Waals surface area contributed by atoms with E-state index in [2.05, 4.69) is 4.99 Å². The fraction of sp³-hybridized carbons (Fsp3) is 0.0667. The first-order valence-electron chi connectivity index (χ1n) is 6.17. The van der Waals surface area contributed by atoms with E-state index in [4.69, 9.17) is 11.6 Å². The van der Waals surface area contributed by atoms with Crippen molar-refractivity contribution >= 4 is 46.4 Å². The molecule has 0 aliphatic carbocycles. The summed E-state index contributed by atoms with van der Waals surface area (Å²) in [6.07, 6.45) is -4.43. The number of aliphatic imine (C=N–C) groups is 1. The third-order valence-electron chi connectivity index (χ3n) is 2.66. The average Bonchev–Trinajstić information content (AvgIpc) is 3.00. The van der Waals surface area contributed by atoms with Gasteiger partial charge in [-0.3, -0.25) is 9.79 Å². The normalized spacial score (nSPS) is 13.2. The van der Waals surface area contributed by atoms with Gasteiger partial charge in [-0.1, -0.05) is 23.7 Å². The number of nitrogens with zero attached hydrogens (tertiary/aromatic N) is 1. The molecule has 3 nitrogen and oxygen atoms in total. The van der Waals surface area contributed by atoms with E-state index in [1.54, 1.807) is 23.6 Å². The van der Waals surface area contributed by atoms with Gasteiger partial charge in [-0.15, -0.1) is 11.3 Å². The van der Waals surface area contributed by atoms with Gasteiger partial charge >= 0.3 is 6.18 Å². The van der Waals surface area contributed by atoms with E-state index in [9.17, 15) is 23.1 Å². The summed E-state index contributed by atoms with van der Waals surface area (Å²) < 4.78 is 38.2. The first-order valence-corrected chi connectivity index (χ1v) is 7.43. The lowest BCUT2D eigenvalue weighted by Gasteiger charge is -2.08. The Kier molecular flexibility index (Phi) is 5.23. The summed E-state index contributed by atoms with van der Waals surface area (Å²) in [6, 6.07) is 8.98. The lowest BCUT2D eigenvalue weighted by Crippen LogP contribution is -2.26. The van der Waals surface area contributed by atoms with E-state index < -0.39 is 23.3 Å². The lowest BCUT2D eigenvalue weighted by atomic mass is 10.1. The van der Waals surface area contributed by atoms with Gasteiger partial charge in [0, 0.05) is 11.2 Å². The van der Waals surface area contributed by atoms with Crippen molar-refractivity contribution in [1.82, 2.24) is 0 Å². The topological polar surface area (TPSA) is 49.7 Å². The maximum atomic E-state index is 12.7. The van der Waals surface area contributed by atoms with Crippen LogP contribution in [-0.2, 0) is 4.79 Å². The minimum atomic E-state index is -5.12. The van der Waals surface area contributed by atoms with Crippen LogP contribution in [0.25, 0.3) is 5.76 Å². The molecule has 120 valence electrons. The van der Waals surface area contributed by atoms with Gasteiger partial charge in [0.1, 0.15) is 5.76 Å². The number of carbonyl (C=O) groups excluding carboxylic acids is 1. The summed E-state index contributed by atoms with van der Waals surface area (Å²) in [6.45, 7) is 0. The number of aliphatic hydroxyl groups excluding tert-OH is 1. The summed E-state index contributed by atoms with van der Waals surface area (Å²) in [7, 11) is 0. The molecular formula is C15H9ClF3NO2S. The summed E-state index contributed by atoms with van der Waals surface area (Å²) >= 11 is 6.76. The highest BCUT2D eigenvalue weighted by Crippen LogP contribution is 2.27. The van der Waals surface area contributed by atoms with Gasteiger partial charge in [-0.05, 0) is 29.6 Å². The van der Waals surface area contributed by atoms with Gasteiger partial charge in [-0.2, -0.15) is 13.2 Å². The van der Waals surface area contributed by atoms with Crippen LogP contribution in [-0.4, -0.2) is 23.3 Å². The summed E-state index contributed by atoms with van der Waals surface area (Å²) in [5.74, 6) is -2.94. The van der Waals surface area contributed by atoms with Crippen molar-refractivity contribution in [2.75, 3.05) is 0 Å². The van der Waals surface area contributed by atoms with Crippen LogP contribution >= 0.6 is 22.9 Å². The lowest BCUT2D eigenvalue weighted by molar-refractivity contribution is -0.165. The highest BCUT2D eigenvalue weighted by atomic mass is 35.5. The second-order valence-electron chi connectivity index (χ2n) is 4.30. The molecular weight excluding hydrogens is 351 g/mol. The zero-order valence-electron chi connectivity index (χ0n) is 11.3. The summed E-state index contributed by atoms with van der Waals surface area (Å²) in [5, 5.41) is 11.9. The number of alkyl halides is 3. The molecule has 0 aliphatic rings. The SMILES string of the molecule is O=C(/C(C=Nc1cccc(Cl)c1)=C(\O)c1cccs1)C(F)(F)F. The quantitative estimate of drug-likeness (QED) is 0.463. The molecule has 23 heavy (non-hydrogen) atoms. The monoisotopic (exact) mass is 359 g/mol. The second kappa shape index (κ2) is 6.97. The Balaban J connectivity index is 2.46. The van der Waals surface area contributed by atoms with Crippen molar-refractivity contribution in [3.05, 3.63) is 57.3 Å². The molecule has 0 bridgehead atoms. The van der Waals surface area contributed by atoms with Crippen LogP contribution in [0.5, 0.6) is 0 Å². The number of benzene rings is 1. The smallest absolute Gasteiger partial charge is 0.455 e. The maximum Gasteiger partial charge on any atom is 0.455 e. The highest BCUT2D eigenvalue weighted by Gasteiger charge is 2.41. The van der Waals surface area contributed by atoms with Crippen LogP contribution in [0, 0.1) is 0 Å². The molecule has 0 unspecified atom stereocenters. The largest absolute Gasteiger partial charge is 0.506 e. The molecule has 0 spiro atoms. The number of hydrogen-bond donors (Lipinski definition) is 1. The molecule has 2 rings (SSSR count). The third kappa shape index (κ3) is 4.43. The van der Waals surface area contributed by atoms with E-state index in [1.165, 1.54) is 18.2 Å². The van der Waals surface area contributed by atoms with Gasteiger partial charge in [0.25, 0.3) is 5.78 Å². The Bertz CT molecular complexity index is 767. The minimum absolute atomic E-state index is 0.134. The molecule has 1 aromatic heterocycles. The Labute approximate surface area is 138 Å². The van der Waals surface area contributed by atoms with E-state index in [0.717, 1.165) is 11.3 Å². The number of thiophene rings is 1. The Hall–Kier alpha value is -2.12. The van der Waals surface area contributed by atoms with Gasteiger partial charge in [-0.25, -0.2) is 0 Å². The van der Waals surface area contributed by atoms with Crippen LogP contribution in [0.15, 0.2) is 52.3 Å². The average molecular weight is 360 g/mol. The number of Topliss-reactive ketones (excluding diaryl/α,β-unsaturated/α-hetero) is 1. The summed E-state index contributed by atoms with van der Waals surface area (Å²) in [4.78, 5) is 15.5. The Morgan fingerprint density at radius 3 is 2.57 bits per heavy atom. The van der Waals surface area contributed by atoms with Crippen molar-refractivity contribution in [2.45, 2.75) is 6.18 Å². The molecule has 0 saturated heterocycles. The third-order valence-corrected chi connectivity index (χ3v) is 3.77. The molecule has 1 aromatic carbocycles. The number of rotatable bonds is 4. The van der Waals surface area contributed by atoms with Crippen LogP contribution in [0.3, 0.4) is 0 Å². The summed E-state index contributed by atoms with van der Waals surface area (Å²) in [5.41, 5.74) is -0.677. The van der Waals surface area contributed by atoms with Crippen molar-refractivity contribution < 1.29 is 23.1 Å². The molecule has 0 atom stereocenters. The zero-order valence-corrected chi connectivity index (χ0v) is 12.9. The fourth-order valence-corrected chi connectivity index (χ4v) is 2.49. The van der Waals surface area contributed by atoms with Crippen molar-refractivity contribution in [3.63, 3.8) is 0 Å². The molecule has 2 aromatic rings. The van der Waals surface area contributed by atoms with Crippen LogP contribution in [0.4, 0.5) is 18.9 Å². The first kappa shape index (κ1) is 17.2. The van der Waals surface area contributed by atoms with E-state index >= 15 is 0 Å². The standard InChI is InChI=1S/C15H9ClF3NO2S/c16-9-3-1-4-10(7-9)20-8-11(14(22)15(17,18)19)13(21)12-5-2-6-23-12/h1-8,21H/b13-11-,20-8?. The molecule has 1 heterocycles.